The van der Waals surface area contributed by atoms with Crippen LogP contribution in [0.4, 0.5) is 0 Å². The predicted molar refractivity (Wildman–Crippen MR) is 134 cm³/mol. The van der Waals surface area contributed by atoms with Crippen LogP contribution in [0.2, 0.25) is 0 Å². The van der Waals surface area contributed by atoms with Crippen LogP contribution < -0.4 is 14.2 Å². The molecule has 1 aliphatic carbocycles. The smallest absolute Gasteiger partial charge is 0.125 e. The number of aryl methyl sites for hydroxylation is 2. The average molecular weight is 452 g/mol. The summed E-state index contributed by atoms with van der Waals surface area (Å²) in [5, 5.41) is 3.78. The fourth-order valence-electron chi connectivity index (χ4n) is 4.21. The lowest BCUT2D eigenvalue weighted by Crippen LogP contribution is -2.23. The van der Waals surface area contributed by atoms with Crippen molar-refractivity contribution in [2.45, 2.75) is 46.5 Å². The van der Waals surface area contributed by atoms with E-state index in [2.05, 4.69) is 31.1 Å². The monoisotopic (exact) mass is 451 g/mol. The summed E-state index contributed by atoms with van der Waals surface area (Å²) in [6, 6.07) is 12.1. The van der Waals surface area contributed by atoms with E-state index >= 15 is 0 Å². The molecule has 0 radical (unpaired) electrons. The quantitative estimate of drug-likeness (QED) is 0.222. The van der Waals surface area contributed by atoms with Gasteiger partial charge in [-0.2, -0.15) is 0 Å². The molecule has 1 aliphatic rings. The second kappa shape index (κ2) is 12.9. The minimum absolute atomic E-state index is 0.594. The molecule has 3 rings (SSSR count). The van der Waals surface area contributed by atoms with Gasteiger partial charge in [0.2, 0.25) is 0 Å². The second-order valence-electron chi connectivity index (χ2n) is 8.76. The number of allylic oxidation sites excluding steroid dienone is 1. The van der Waals surface area contributed by atoms with Gasteiger partial charge in [0.1, 0.15) is 31.0 Å². The number of rotatable bonds is 11. The summed E-state index contributed by atoms with van der Waals surface area (Å²) >= 11 is 0. The highest BCUT2D eigenvalue weighted by atomic mass is 16.6. The summed E-state index contributed by atoms with van der Waals surface area (Å²) in [5.74, 6) is 4.00. The standard InChI is InChI=1S/C28H37NO4/c1-5-6-15-31-27-16-21(2)28(22(3)17-27)33-20-25-9-7-24(8-10-25)19-32-26-13-11-23(12-14-26)18-29-30-4/h5-6,11-14,16-18,24-25H,7-10,15,19-20H2,1-4H3/b6-5+,29-18+. The van der Waals surface area contributed by atoms with Crippen LogP contribution in [-0.2, 0) is 4.84 Å². The molecule has 0 aliphatic heterocycles. The van der Waals surface area contributed by atoms with Crippen LogP contribution in [0.3, 0.4) is 0 Å². The Kier molecular flexibility index (Phi) is 9.67. The second-order valence-corrected chi connectivity index (χ2v) is 8.76. The van der Waals surface area contributed by atoms with E-state index in [0.717, 1.165) is 47.2 Å². The third-order valence-electron chi connectivity index (χ3n) is 6.12. The minimum Gasteiger partial charge on any atom is -0.493 e. The van der Waals surface area contributed by atoms with E-state index in [1.54, 1.807) is 6.21 Å². The highest BCUT2D eigenvalue weighted by Crippen LogP contribution is 2.33. The molecule has 5 heteroatoms. The van der Waals surface area contributed by atoms with Crippen LogP contribution in [0.25, 0.3) is 0 Å². The van der Waals surface area contributed by atoms with Crippen molar-refractivity contribution in [2.24, 2.45) is 17.0 Å². The third-order valence-corrected chi connectivity index (χ3v) is 6.12. The van der Waals surface area contributed by atoms with Crippen molar-refractivity contribution in [3.63, 3.8) is 0 Å². The van der Waals surface area contributed by atoms with E-state index in [-0.39, 0.29) is 0 Å². The van der Waals surface area contributed by atoms with E-state index in [1.807, 2.05) is 43.3 Å². The van der Waals surface area contributed by atoms with Gasteiger partial charge in [0.25, 0.3) is 0 Å². The van der Waals surface area contributed by atoms with Crippen molar-refractivity contribution in [2.75, 3.05) is 26.9 Å². The Morgan fingerprint density at radius 1 is 0.848 bits per heavy atom. The highest BCUT2D eigenvalue weighted by molar-refractivity contribution is 5.79. The molecular formula is C28H37NO4. The van der Waals surface area contributed by atoms with Gasteiger partial charge in [0.05, 0.1) is 19.4 Å². The first-order chi connectivity index (χ1) is 16.1. The molecule has 1 fully saturated rings. The molecule has 0 N–H and O–H groups in total. The van der Waals surface area contributed by atoms with Crippen molar-refractivity contribution in [3.8, 4) is 17.2 Å². The van der Waals surface area contributed by atoms with Gasteiger partial charge in [-0.3, -0.25) is 0 Å². The Morgan fingerprint density at radius 3 is 2.03 bits per heavy atom. The fourth-order valence-corrected chi connectivity index (χ4v) is 4.21. The van der Waals surface area contributed by atoms with Crippen LogP contribution in [0.1, 0.15) is 49.3 Å². The maximum atomic E-state index is 6.27. The number of benzene rings is 2. The first-order valence-corrected chi connectivity index (χ1v) is 11.9. The summed E-state index contributed by atoms with van der Waals surface area (Å²) in [7, 11) is 1.54. The molecule has 1 saturated carbocycles. The van der Waals surface area contributed by atoms with Crippen molar-refractivity contribution < 1.29 is 19.0 Å². The Morgan fingerprint density at radius 2 is 1.45 bits per heavy atom. The first kappa shape index (κ1) is 24.7. The molecule has 0 spiro atoms. The lowest BCUT2D eigenvalue weighted by molar-refractivity contribution is 0.147. The average Bonchev–Trinajstić information content (AvgIpc) is 2.82. The molecule has 0 bridgehead atoms. The Labute approximate surface area is 198 Å². The van der Waals surface area contributed by atoms with E-state index in [4.69, 9.17) is 19.0 Å². The number of hydrogen-bond acceptors (Lipinski definition) is 5. The number of ether oxygens (including phenoxy) is 3. The molecule has 0 aromatic heterocycles. The van der Waals surface area contributed by atoms with Crippen LogP contribution >= 0.6 is 0 Å². The molecular weight excluding hydrogens is 414 g/mol. The molecule has 33 heavy (non-hydrogen) atoms. The van der Waals surface area contributed by atoms with Crippen LogP contribution in [-0.4, -0.2) is 33.1 Å². The number of nitrogens with zero attached hydrogens (tertiary/aromatic N) is 1. The third kappa shape index (κ3) is 7.85. The van der Waals surface area contributed by atoms with Crippen molar-refractivity contribution in [3.05, 3.63) is 65.2 Å². The molecule has 178 valence electrons. The van der Waals surface area contributed by atoms with Crippen LogP contribution in [0.5, 0.6) is 17.2 Å². The zero-order valence-electron chi connectivity index (χ0n) is 20.4. The van der Waals surface area contributed by atoms with E-state index in [0.29, 0.717) is 18.4 Å². The van der Waals surface area contributed by atoms with E-state index in [1.165, 1.54) is 32.8 Å². The van der Waals surface area contributed by atoms with Gasteiger partial charge >= 0.3 is 0 Å². The zero-order valence-corrected chi connectivity index (χ0v) is 20.4. The number of oxime groups is 1. The Bertz CT molecular complexity index is 889. The van der Waals surface area contributed by atoms with E-state index in [9.17, 15) is 0 Å². The highest BCUT2D eigenvalue weighted by Gasteiger charge is 2.22. The Hall–Kier alpha value is -2.95. The van der Waals surface area contributed by atoms with Gasteiger partial charge in [0, 0.05) is 0 Å². The maximum absolute atomic E-state index is 6.27. The zero-order chi connectivity index (χ0) is 23.5. The largest absolute Gasteiger partial charge is 0.493 e. The summed E-state index contributed by atoms with van der Waals surface area (Å²) in [6.07, 6.45) is 10.4. The van der Waals surface area contributed by atoms with Gasteiger partial charge in [0.15, 0.2) is 0 Å². The molecule has 5 nitrogen and oxygen atoms in total. The number of hydrogen-bond donors (Lipinski definition) is 0. The van der Waals surface area contributed by atoms with Crippen molar-refractivity contribution in [1.82, 2.24) is 0 Å². The normalized spacial score (nSPS) is 18.5. The Balaban J connectivity index is 1.40. The lowest BCUT2D eigenvalue weighted by Gasteiger charge is -2.28. The summed E-state index contributed by atoms with van der Waals surface area (Å²) in [6.45, 7) is 8.32. The van der Waals surface area contributed by atoms with Crippen molar-refractivity contribution >= 4 is 6.21 Å². The molecule has 0 amide bonds. The SMILES string of the molecule is C/C=C/COc1cc(C)c(OCC2CCC(COc3ccc(/C=N/OC)cc3)CC2)c(C)c1. The lowest BCUT2D eigenvalue weighted by atomic mass is 9.83. The maximum Gasteiger partial charge on any atom is 0.125 e. The van der Waals surface area contributed by atoms with Crippen molar-refractivity contribution in [1.29, 1.82) is 0 Å². The molecule has 0 unspecified atom stereocenters. The molecule has 0 atom stereocenters. The molecule has 2 aromatic rings. The molecule has 2 aromatic carbocycles. The van der Waals surface area contributed by atoms with Crippen LogP contribution in [0, 0.1) is 25.7 Å². The van der Waals surface area contributed by atoms with Gasteiger partial charge in [-0.25, -0.2) is 0 Å². The summed E-state index contributed by atoms with van der Waals surface area (Å²) in [5.41, 5.74) is 3.25. The topological polar surface area (TPSA) is 49.3 Å². The summed E-state index contributed by atoms with van der Waals surface area (Å²) in [4.78, 5) is 4.71. The molecule has 0 heterocycles. The predicted octanol–water partition coefficient (Wildman–Crippen LogP) is 6.50. The van der Waals surface area contributed by atoms with Gasteiger partial charge < -0.3 is 19.0 Å². The van der Waals surface area contributed by atoms with E-state index < -0.39 is 0 Å². The van der Waals surface area contributed by atoms with Gasteiger partial charge in [-0.1, -0.05) is 17.3 Å². The van der Waals surface area contributed by atoms with Crippen LogP contribution in [0.15, 0.2) is 53.7 Å². The minimum atomic E-state index is 0.594. The fraction of sp³-hybridized carbons (Fsp3) is 0.464. The molecule has 0 saturated heterocycles. The van der Waals surface area contributed by atoms with Gasteiger partial charge in [-0.15, -0.1) is 0 Å². The van der Waals surface area contributed by atoms with Gasteiger partial charge in [-0.05, 0) is 111 Å². The summed E-state index contributed by atoms with van der Waals surface area (Å²) < 4.78 is 18.1. The first-order valence-electron chi connectivity index (χ1n) is 11.9.